The average Bonchev–Trinajstić information content (AvgIpc) is 3.18. The van der Waals surface area contributed by atoms with Gasteiger partial charge in [0.05, 0.1) is 11.7 Å². The largest absolute Gasteiger partial charge is 0.348 e. The van der Waals surface area contributed by atoms with Gasteiger partial charge >= 0.3 is 0 Å². The van der Waals surface area contributed by atoms with E-state index in [-0.39, 0.29) is 23.9 Å². The predicted octanol–water partition coefficient (Wildman–Crippen LogP) is 2.16. The summed E-state index contributed by atoms with van der Waals surface area (Å²) in [7, 11) is 0. The summed E-state index contributed by atoms with van der Waals surface area (Å²) in [5, 5.41) is 10.2. The molecule has 1 atom stereocenters. The van der Waals surface area contributed by atoms with Crippen LogP contribution < -0.4 is 5.32 Å². The third kappa shape index (κ3) is 3.15. The number of aromatic nitrogens is 2. The van der Waals surface area contributed by atoms with E-state index >= 15 is 0 Å². The van der Waals surface area contributed by atoms with Crippen LogP contribution in [0.2, 0.25) is 0 Å². The number of hydrogen-bond donors (Lipinski definition) is 2. The molecule has 1 aromatic heterocycles. The van der Waals surface area contributed by atoms with Crippen LogP contribution >= 0.6 is 0 Å². The molecule has 0 unspecified atom stereocenters. The smallest absolute Gasteiger partial charge is 0.271 e. The molecular weight excluding hydrogens is 280 g/mol. The SMILES string of the molecule is CC(=O)N1CCCC[C@H]1c1cc(C(=O)NC2CCCC2)n[nH]1. The fraction of sp³-hybridized carbons (Fsp3) is 0.688. The molecular formula is C16H24N4O2. The zero-order chi connectivity index (χ0) is 15.5. The van der Waals surface area contributed by atoms with Crippen molar-refractivity contribution in [1.29, 1.82) is 0 Å². The second-order valence-electron chi connectivity index (χ2n) is 6.39. The van der Waals surface area contributed by atoms with Gasteiger partial charge in [-0.3, -0.25) is 14.7 Å². The first-order chi connectivity index (χ1) is 10.6. The Morgan fingerprint density at radius 3 is 2.68 bits per heavy atom. The monoisotopic (exact) mass is 304 g/mol. The first kappa shape index (κ1) is 15.1. The molecule has 1 saturated heterocycles. The van der Waals surface area contributed by atoms with E-state index in [4.69, 9.17) is 0 Å². The Kier molecular flexibility index (Phi) is 4.45. The lowest BCUT2D eigenvalue weighted by Crippen LogP contribution is -2.37. The maximum atomic E-state index is 12.2. The number of nitrogens with one attached hydrogen (secondary N) is 2. The van der Waals surface area contributed by atoms with Crippen LogP contribution in [0.3, 0.4) is 0 Å². The summed E-state index contributed by atoms with van der Waals surface area (Å²) >= 11 is 0. The molecule has 0 radical (unpaired) electrons. The number of H-pyrrole nitrogens is 1. The molecule has 2 fully saturated rings. The molecule has 3 rings (SSSR count). The average molecular weight is 304 g/mol. The molecule has 2 N–H and O–H groups in total. The molecule has 1 aliphatic heterocycles. The highest BCUT2D eigenvalue weighted by Crippen LogP contribution is 2.30. The highest BCUT2D eigenvalue weighted by atomic mass is 16.2. The molecule has 22 heavy (non-hydrogen) atoms. The number of nitrogens with zero attached hydrogens (tertiary/aromatic N) is 2. The van der Waals surface area contributed by atoms with Gasteiger partial charge in [-0.1, -0.05) is 12.8 Å². The molecule has 1 aliphatic carbocycles. The summed E-state index contributed by atoms with van der Waals surface area (Å²) in [6.07, 6.45) is 7.55. The minimum absolute atomic E-state index is 0.0202. The van der Waals surface area contributed by atoms with Crippen LogP contribution in [0.1, 0.15) is 74.1 Å². The number of likely N-dealkylation sites (tertiary alicyclic amines) is 1. The molecule has 0 spiro atoms. The minimum Gasteiger partial charge on any atom is -0.348 e. The van der Waals surface area contributed by atoms with Crippen LogP contribution in [0.25, 0.3) is 0 Å². The topological polar surface area (TPSA) is 78.1 Å². The van der Waals surface area contributed by atoms with Crippen LogP contribution in [0.15, 0.2) is 6.07 Å². The second-order valence-corrected chi connectivity index (χ2v) is 6.39. The van der Waals surface area contributed by atoms with Crippen LogP contribution in [0.4, 0.5) is 0 Å². The van der Waals surface area contributed by atoms with E-state index in [2.05, 4.69) is 15.5 Å². The second kappa shape index (κ2) is 6.50. The van der Waals surface area contributed by atoms with E-state index in [0.717, 1.165) is 44.3 Å². The Morgan fingerprint density at radius 2 is 1.95 bits per heavy atom. The molecule has 2 amide bonds. The standard InChI is InChI=1S/C16H24N4O2/c1-11(21)20-9-5-4-8-15(20)13-10-14(19-18-13)16(22)17-12-6-2-3-7-12/h10,12,15H,2-9H2,1H3,(H,17,22)(H,18,19)/t15-/m0/s1. The summed E-state index contributed by atoms with van der Waals surface area (Å²) in [6, 6.07) is 2.11. The van der Waals surface area contributed by atoms with E-state index in [1.165, 1.54) is 12.8 Å². The van der Waals surface area contributed by atoms with Gasteiger partial charge in [-0.25, -0.2) is 0 Å². The third-order valence-corrected chi connectivity index (χ3v) is 4.79. The number of carbonyl (C=O) groups excluding carboxylic acids is 2. The van der Waals surface area contributed by atoms with Crippen LogP contribution in [-0.4, -0.2) is 39.5 Å². The lowest BCUT2D eigenvalue weighted by atomic mass is 9.99. The van der Waals surface area contributed by atoms with Crippen LogP contribution in [-0.2, 0) is 4.79 Å². The van der Waals surface area contributed by atoms with Gasteiger partial charge < -0.3 is 10.2 Å². The minimum atomic E-state index is -0.111. The number of aromatic amines is 1. The van der Waals surface area contributed by atoms with Crippen molar-refractivity contribution in [1.82, 2.24) is 20.4 Å². The fourth-order valence-corrected chi connectivity index (χ4v) is 3.58. The van der Waals surface area contributed by atoms with Gasteiger partial charge in [0.2, 0.25) is 5.91 Å². The third-order valence-electron chi connectivity index (χ3n) is 4.79. The fourth-order valence-electron chi connectivity index (χ4n) is 3.58. The van der Waals surface area contributed by atoms with Gasteiger partial charge in [-0.2, -0.15) is 5.10 Å². The predicted molar refractivity (Wildman–Crippen MR) is 82.3 cm³/mol. The maximum absolute atomic E-state index is 12.2. The van der Waals surface area contributed by atoms with Gasteiger partial charge in [0, 0.05) is 19.5 Å². The molecule has 6 heteroatoms. The normalized spacial score (nSPS) is 22.8. The molecule has 120 valence electrons. The number of amides is 2. The first-order valence-electron chi connectivity index (χ1n) is 8.28. The molecule has 6 nitrogen and oxygen atoms in total. The lowest BCUT2D eigenvalue weighted by Gasteiger charge is -2.34. The van der Waals surface area contributed by atoms with Crippen molar-refractivity contribution in [3.63, 3.8) is 0 Å². The Bertz CT molecular complexity index is 548. The van der Waals surface area contributed by atoms with Gasteiger partial charge in [-0.15, -0.1) is 0 Å². The summed E-state index contributed by atoms with van der Waals surface area (Å²) in [5.74, 6) is -0.0316. The molecule has 2 heterocycles. The number of rotatable bonds is 3. The number of piperidine rings is 1. The van der Waals surface area contributed by atoms with Gasteiger partial charge in [0.1, 0.15) is 5.69 Å². The van der Waals surface area contributed by atoms with Gasteiger partial charge in [-0.05, 0) is 38.2 Å². The van der Waals surface area contributed by atoms with E-state index < -0.39 is 0 Å². The highest BCUT2D eigenvalue weighted by Gasteiger charge is 2.28. The molecule has 1 aromatic rings. The maximum Gasteiger partial charge on any atom is 0.271 e. The zero-order valence-electron chi connectivity index (χ0n) is 13.1. The van der Waals surface area contributed by atoms with E-state index in [1.54, 1.807) is 13.0 Å². The van der Waals surface area contributed by atoms with Crippen molar-refractivity contribution >= 4 is 11.8 Å². The summed E-state index contributed by atoms with van der Waals surface area (Å²) in [5.41, 5.74) is 1.29. The van der Waals surface area contributed by atoms with Gasteiger partial charge in [0.25, 0.3) is 5.91 Å². The Hall–Kier alpha value is -1.85. The first-order valence-corrected chi connectivity index (χ1v) is 8.28. The summed E-state index contributed by atoms with van der Waals surface area (Å²) in [6.45, 7) is 2.38. The van der Waals surface area contributed by atoms with Crippen molar-refractivity contribution in [3.05, 3.63) is 17.5 Å². The number of hydrogen-bond acceptors (Lipinski definition) is 3. The van der Waals surface area contributed by atoms with Gasteiger partial charge in [0.15, 0.2) is 0 Å². The lowest BCUT2D eigenvalue weighted by molar-refractivity contribution is -0.132. The quantitative estimate of drug-likeness (QED) is 0.898. The summed E-state index contributed by atoms with van der Waals surface area (Å²) in [4.78, 5) is 25.9. The van der Waals surface area contributed by atoms with Crippen LogP contribution in [0.5, 0.6) is 0 Å². The Balaban J connectivity index is 1.69. The van der Waals surface area contributed by atoms with E-state index in [1.807, 2.05) is 4.90 Å². The Morgan fingerprint density at radius 1 is 1.23 bits per heavy atom. The number of carbonyl (C=O) groups is 2. The van der Waals surface area contributed by atoms with Crippen molar-refractivity contribution < 1.29 is 9.59 Å². The van der Waals surface area contributed by atoms with Crippen molar-refractivity contribution in [2.75, 3.05) is 6.54 Å². The molecule has 0 aromatic carbocycles. The van der Waals surface area contributed by atoms with E-state index in [0.29, 0.717) is 5.69 Å². The van der Waals surface area contributed by atoms with E-state index in [9.17, 15) is 9.59 Å². The van der Waals surface area contributed by atoms with Crippen molar-refractivity contribution in [3.8, 4) is 0 Å². The zero-order valence-corrected chi connectivity index (χ0v) is 13.1. The van der Waals surface area contributed by atoms with Crippen LogP contribution in [0, 0.1) is 0 Å². The summed E-state index contributed by atoms with van der Waals surface area (Å²) < 4.78 is 0. The highest BCUT2D eigenvalue weighted by molar-refractivity contribution is 5.92. The Labute approximate surface area is 130 Å². The molecule has 2 aliphatic rings. The van der Waals surface area contributed by atoms with Crippen molar-refractivity contribution in [2.24, 2.45) is 0 Å². The molecule has 1 saturated carbocycles. The molecule has 0 bridgehead atoms. The van der Waals surface area contributed by atoms with Crippen molar-refractivity contribution in [2.45, 2.75) is 64.0 Å².